The molecule has 0 aromatic rings. The molecule has 5 atom stereocenters. The van der Waals surface area contributed by atoms with Gasteiger partial charge in [-0.05, 0) is 51.5 Å². The highest BCUT2D eigenvalue weighted by Crippen LogP contribution is 2.33. The smallest absolute Gasteiger partial charge is 0.314 e. The third-order valence-corrected chi connectivity index (χ3v) is 6.58. The summed E-state index contributed by atoms with van der Waals surface area (Å²) in [5, 5.41) is 4.15. The summed E-state index contributed by atoms with van der Waals surface area (Å²) in [6.45, 7) is 1.17. The number of hydroxylamine groups is 3. The summed E-state index contributed by atoms with van der Waals surface area (Å²) in [5.74, 6) is -0.0583. The van der Waals surface area contributed by atoms with E-state index in [-0.39, 0.29) is 12.6 Å². The first-order chi connectivity index (χ1) is 13.3. The maximum Gasteiger partial charge on any atom is 0.418 e. The molecule has 11 nitrogen and oxygen atoms in total. The fourth-order valence-electron chi connectivity index (χ4n) is 4.94. The Labute approximate surface area is 163 Å². The van der Waals surface area contributed by atoms with Gasteiger partial charge in [0.2, 0.25) is 0 Å². The zero-order chi connectivity index (χ0) is 19.9. The Kier molecular flexibility index (Phi) is 5.49. The average molecular weight is 418 g/mol. The number of hydrogen-bond donors (Lipinski definition) is 3. The summed E-state index contributed by atoms with van der Waals surface area (Å²) in [7, 11) is -4.81. The lowest BCUT2D eigenvalue weighted by Gasteiger charge is -2.41. The predicted octanol–water partition coefficient (Wildman–Crippen LogP) is -0.0421. The second-order valence-corrected chi connectivity index (χ2v) is 8.93. The Balaban J connectivity index is 1.35. The van der Waals surface area contributed by atoms with E-state index in [9.17, 15) is 18.0 Å². The van der Waals surface area contributed by atoms with E-state index in [0.717, 1.165) is 38.6 Å². The number of carbonyl (C=O) groups is 2. The van der Waals surface area contributed by atoms with E-state index >= 15 is 0 Å². The van der Waals surface area contributed by atoms with E-state index in [1.165, 1.54) is 4.90 Å². The molecule has 1 saturated carbocycles. The van der Waals surface area contributed by atoms with Crippen LogP contribution < -0.4 is 10.8 Å². The largest absolute Gasteiger partial charge is 0.418 e. The first-order valence-corrected chi connectivity index (χ1v) is 11.2. The standard InChI is InChI=1S/C16H26N4O7S/c21-15(18-26-14-5-1-4-12-11(14)3-2-8-17-12)13-7-6-10-9-19(13)16(22)20(10)27-28(23,24)25/h10-14,17H,1-9H2,(H,18,21)(H,23,24,25)/t10-,11?,12?,13+,14?/m1/s1. The molecule has 2 bridgehead atoms. The Bertz CT molecular complexity index is 731. The van der Waals surface area contributed by atoms with Crippen molar-refractivity contribution in [2.24, 2.45) is 5.92 Å². The van der Waals surface area contributed by atoms with Gasteiger partial charge >= 0.3 is 16.4 Å². The van der Waals surface area contributed by atoms with Gasteiger partial charge in [0.25, 0.3) is 5.91 Å². The van der Waals surface area contributed by atoms with Gasteiger partial charge in [-0.15, -0.1) is 4.28 Å². The van der Waals surface area contributed by atoms with Crippen LogP contribution in [0.3, 0.4) is 0 Å². The van der Waals surface area contributed by atoms with Crippen LogP contribution >= 0.6 is 0 Å². The lowest BCUT2D eigenvalue weighted by molar-refractivity contribution is -0.151. The molecule has 0 radical (unpaired) electrons. The SMILES string of the molecule is O=C(NOC1CCCC2NCCCC21)[C@@H]1CC[C@@H]2CN1C(=O)N2OS(=O)(=O)O. The Morgan fingerprint density at radius 1 is 1.18 bits per heavy atom. The molecule has 3 N–H and O–H groups in total. The van der Waals surface area contributed by atoms with Crippen LogP contribution in [0.2, 0.25) is 0 Å². The molecule has 3 unspecified atom stereocenters. The average Bonchev–Trinajstić information content (AvgIpc) is 2.89. The van der Waals surface area contributed by atoms with Crippen LogP contribution in [0.1, 0.15) is 44.9 Å². The molecule has 4 fully saturated rings. The van der Waals surface area contributed by atoms with Crippen LogP contribution in [-0.4, -0.2) is 72.2 Å². The van der Waals surface area contributed by atoms with Crippen LogP contribution in [0.15, 0.2) is 0 Å². The molecule has 0 spiro atoms. The van der Waals surface area contributed by atoms with E-state index in [2.05, 4.69) is 15.1 Å². The second-order valence-electron chi connectivity index (χ2n) is 7.93. The topological polar surface area (TPSA) is 138 Å². The lowest BCUT2D eigenvalue weighted by Crippen LogP contribution is -2.53. The van der Waals surface area contributed by atoms with Crippen molar-refractivity contribution in [3.8, 4) is 0 Å². The summed E-state index contributed by atoms with van der Waals surface area (Å²) in [6, 6.07) is -1.62. The number of fused-ring (bicyclic) bond motifs is 3. The summed E-state index contributed by atoms with van der Waals surface area (Å²) in [6.07, 6.45) is 5.87. The van der Waals surface area contributed by atoms with E-state index < -0.39 is 34.4 Å². The maximum atomic E-state index is 12.7. The lowest BCUT2D eigenvalue weighted by atomic mass is 9.77. The van der Waals surface area contributed by atoms with Crippen LogP contribution in [0.4, 0.5) is 4.79 Å². The monoisotopic (exact) mass is 418 g/mol. The number of urea groups is 1. The van der Waals surface area contributed by atoms with Gasteiger partial charge in [0.1, 0.15) is 6.04 Å². The summed E-state index contributed by atoms with van der Waals surface area (Å²) >= 11 is 0. The Hall–Kier alpha value is -1.47. The molecular formula is C16H26N4O7S. The van der Waals surface area contributed by atoms with E-state index in [4.69, 9.17) is 9.39 Å². The molecule has 12 heteroatoms. The van der Waals surface area contributed by atoms with Gasteiger partial charge < -0.3 is 10.2 Å². The molecule has 3 saturated heterocycles. The Morgan fingerprint density at radius 3 is 2.79 bits per heavy atom. The van der Waals surface area contributed by atoms with Gasteiger partial charge in [-0.25, -0.2) is 10.3 Å². The van der Waals surface area contributed by atoms with Gasteiger partial charge in [-0.3, -0.25) is 14.2 Å². The van der Waals surface area contributed by atoms with E-state index in [1.807, 2.05) is 0 Å². The van der Waals surface area contributed by atoms with E-state index in [1.54, 1.807) is 0 Å². The molecule has 4 rings (SSSR count). The van der Waals surface area contributed by atoms with Crippen molar-refractivity contribution in [3.63, 3.8) is 0 Å². The zero-order valence-electron chi connectivity index (χ0n) is 15.5. The summed E-state index contributed by atoms with van der Waals surface area (Å²) < 4.78 is 35.1. The third kappa shape index (κ3) is 3.96. The number of piperidine rings is 2. The van der Waals surface area contributed by atoms with Crippen LogP contribution in [0.5, 0.6) is 0 Å². The number of amides is 3. The number of carbonyl (C=O) groups excluding carboxylic acids is 2. The minimum atomic E-state index is -4.81. The number of hydrogen-bond acceptors (Lipinski definition) is 7. The van der Waals surface area contributed by atoms with Crippen LogP contribution in [-0.2, 0) is 24.3 Å². The number of nitrogens with one attached hydrogen (secondary N) is 2. The number of rotatable bonds is 5. The van der Waals surface area contributed by atoms with Gasteiger partial charge in [0, 0.05) is 18.5 Å². The van der Waals surface area contributed by atoms with Crippen molar-refractivity contribution < 1.29 is 31.7 Å². The molecular weight excluding hydrogens is 392 g/mol. The van der Waals surface area contributed by atoms with Crippen molar-refractivity contribution >= 4 is 22.3 Å². The molecule has 3 heterocycles. The highest BCUT2D eigenvalue weighted by atomic mass is 32.3. The molecule has 0 aromatic carbocycles. The zero-order valence-corrected chi connectivity index (χ0v) is 16.3. The molecule has 3 aliphatic heterocycles. The molecule has 0 aromatic heterocycles. The van der Waals surface area contributed by atoms with Gasteiger partial charge in [0.15, 0.2) is 0 Å². The number of nitrogens with zero attached hydrogens (tertiary/aromatic N) is 2. The normalized spacial score (nSPS) is 35.6. The van der Waals surface area contributed by atoms with Crippen LogP contribution in [0.25, 0.3) is 0 Å². The predicted molar refractivity (Wildman–Crippen MR) is 94.8 cm³/mol. The molecule has 3 amide bonds. The Morgan fingerprint density at radius 2 is 2.00 bits per heavy atom. The highest BCUT2D eigenvalue weighted by Gasteiger charge is 2.49. The van der Waals surface area contributed by atoms with Gasteiger partial charge in [-0.2, -0.15) is 13.5 Å². The van der Waals surface area contributed by atoms with Crippen molar-refractivity contribution in [2.75, 3.05) is 13.1 Å². The minimum absolute atomic E-state index is 0.0551. The second kappa shape index (κ2) is 7.75. The van der Waals surface area contributed by atoms with Crippen LogP contribution in [0, 0.1) is 5.92 Å². The molecule has 158 valence electrons. The molecule has 4 aliphatic rings. The molecule has 1 aliphatic carbocycles. The third-order valence-electron chi connectivity index (χ3n) is 6.23. The van der Waals surface area contributed by atoms with Crippen molar-refractivity contribution in [1.82, 2.24) is 20.8 Å². The highest BCUT2D eigenvalue weighted by molar-refractivity contribution is 7.80. The summed E-state index contributed by atoms with van der Waals surface area (Å²) in [5.41, 5.74) is 2.53. The first-order valence-electron chi connectivity index (χ1n) is 9.79. The fourth-order valence-corrected chi connectivity index (χ4v) is 5.33. The van der Waals surface area contributed by atoms with Gasteiger partial charge in [-0.1, -0.05) is 0 Å². The van der Waals surface area contributed by atoms with Crippen molar-refractivity contribution in [3.05, 3.63) is 0 Å². The first kappa shape index (κ1) is 19.8. The quantitative estimate of drug-likeness (QED) is 0.418. The van der Waals surface area contributed by atoms with E-state index in [0.29, 0.717) is 29.9 Å². The molecule has 28 heavy (non-hydrogen) atoms. The fraction of sp³-hybridized carbons (Fsp3) is 0.875. The maximum absolute atomic E-state index is 12.7. The summed E-state index contributed by atoms with van der Waals surface area (Å²) in [4.78, 5) is 32.1. The van der Waals surface area contributed by atoms with Gasteiger partial charge in [0.05, 0.1) is 12.1 Å². The van der Waals surface area contributed by atoms with Crippen molar-refractivity contribution in [1.29, 1.82) is 0 Å². The van der Waals surface area contributed by atoms with Crippen molar-refractivity contribution in [2.45, 2.75) is 69.2 Å². The minimum Gasteiger partial charge on any atom is -0.314 e.